The molecule has 17 heavy (non-hydrogen) atoms. The van der Waals surface area contributed by atoms with Gasteiger partial charge in [0.1, 0.15) is 0 Å². The average molecular weight is 333 g/mol. The third kappa shape index (κ3) is 4.06. The first-order valence-corrected chi connectivity index (χ1v) is 9.38. The van der Waals surface area contributed by atoms with Crippen molar-refractivity contribution in [3.05, 3.63) is 66.2 Å². The molecule has 0 saturated carbocycles. The van der Waals surface area contributed by atoms with E-state index >= 15 is 0 Å². The van der Waals surface area contributed by atoms with Crippen LogP contribution in [0.15, 0.2) is 60.7 Å². The molecule has 0 radical (unpaired) electrons. The number of hydrogen-bond acceptors (Lipinski definition) is 2. The first-order chi connectivity index (χ1) is 8.36. The van der Waals surface area contributed by atoms with Crippen LogP contribution in [0.5, 0.6) is 0 Å². The first kappa shape index (κ1) is 12.5. The van der Waals surface area contributed by atoms with Gasteiger partial charge in [-0.3, -0.25) is 0 Å². The van der Waals surface area contributed by atoms with Crippen molar-refractivity contribution in [3.8, 4) is 0 Å². The van der Waals surface area contributed by atoms with Crippen molar-refractivity contribution in [1.82, 2.24) is 0 Å². The van der Waals surface area contributed by atoms with Gasteiger partial charge >= 0.3 is 109 Å². The van der Waals surface area contributed by atoms with E-state index in [0.29, 0.717) is 6.61 Å². The van der Waals surface area contributed by atoms with E-state index in [1.165, 1.54) is 5.56 Å². The van der Waals surface area contributed by atoms with Gasteiger partial charge in [0.05, 0.1) is 0 Å². The number of hydrogen-bond donors (Lipinski definition) is 0. The Morgan fingerprint density at radius 1 is 0.882 bits per heavy atom. The van der Waals surface area contributed by atoms with Crippen molar-refractivity contribution in [2.45, 2.75) is 6.42 Å². The molecule has 0 amide bonds. The summed E-state index contributed by atoms with van der Waals surface area (Å²) >= 11 is -3.02. The molecule has 0 unspecified atom stereocenters. The Hall–Kier alpha value is -1.00. The van der Waals surface area contributed by atoms with Crippen molar-refractivity contribution in [2.75, 3.05) is 6.61 Å². The van der Waals surface area contributed by atoms with Crippen LogP contribution in [0.4, 0.5) is 0 Å². The molecule has 0 aliphatic heterocycles. The summed E-state index contributed by atoms with van der Waals surface area (Å²) < 4.78 is 18.2. The predicted molar refractivity (Wildman–Crippen MR) is 68.6 cm³/mol. The molecule has 2 rings (SSSR count). The van der Waals surface area contributed by atoms with Gasteiger partial charge in [-0.2, -0.15) is 0 Å². The van der Waals surface area contributed by atoms with Crippen LogP contribution in [0, 0.1) is 0 Å². The Morgan fingerprint density at radius 3 is 2.12 bits per heavy atom. The second kappa shape index (κ2) is 6.67. The van der Waals surface area contributed by atoms with E-state index < -0.39 is 20.2 Å². The van der Waals surface area contributed by atoms with E-state index in [1.54, 1.807) is 0 Å². The molecule has 0 heterocycles. The van der Waals surface area contributed by atoms with E-state index in [-0.39, 0.29) is 0 Å². The van der Waals surface area contributed by atoms with Gasteiger partial charge in [0.2, 0.25) is 0 Å². The van der Waals surface area contributed by atoms with E-state index in [0.717, 1.165) is 10.0 Å². The molecule has 0 N–H and O–H groups in total. The molecule has 0 atom stereocenters. The van der Waals surface area contributed by atoms with Crippen LogP contribution in [0.1, 0.15) is 5.56 Å². The minimum atomic E-state index is -3.02. The van der Waals surface area contributed by atoms with Crippen molar-refractivity contribution in [1.29, 1.82) is 0 Å². The van der Waals surface area contributed by atoms with Crippen LogP contribution in [0.2, 0.25) is 0 Å². The molecule has 3 heteroatoms. The summed E-state index contributed by atoms with van der Waals surface area (Å²) in [6.07, 6.45) is 0.819. The molecule has 2 nitrogen and oxygen atoms in total. The molecule has 0 aliphatic rings. The van der Waals surface area contributed by atoms with Gasteiger partial charge in [-0.1, -0.05) is 0 Å². The molecule has 0 saturated heterocycles. The van der Waals surface area contributed by atoms with Crippen LogP contribution in [-0.2, 0) is 12.6 Å². The standard InChI is InChI=1S/C8H9O.C6H5.O.Sn/c9-7-6-8-4-2-1-3-5-8;1-2-4-6-5-3-1;;/h1-5H,6-7H2;1-5H;;/q-1;;;+1. The molecule has 0 spiro atoms. The van der Waals surface area contributed by atoms with Crippen LogP contribution in [0.3, 0.4) is 0 Å². The Balaban J connectivity index is 1.82. The zero-order valence-electron chi connectivity index (χ0n) is 9.50. The Labute approximate surface area is 109 Å². The van der Waals surface area contributed by atoms with E-state index in [1.807, 2.05) is 48.5 Å². The van der Waals surface area contributed by atoms with Gasteiger partial charge in [0.15, 0.2) is 0 Å². The minimum absolute atomic E-state index is 0.539. The zero-order valence-corrected chi connectivity index (χ0v) is 12.4. The number of benzene rings is 2. The van der Waals surface area contributed by atoms with Gasteiger partial charge in [0.25, 0.3) is 0 Å². The maximum absolute atomic E-state index is 11.9. The topological polar surface area (TPSA) is 26.3 Å². The third-order valence-electron chi connectivity index (χ3n) is 2.48. The molecule has 2 aromatic carbocycles. The monoisotopic (exact) mass is 334 g/mol. The van der Waals surface area contributed by atoms with Crippen LogP contribution >= 0.6 is 0 Å². The molecule has 0 aromatic heterocycles. The summed E-state index contributed by atoms with van der Waals surface area (Å²) in [5.41, 5.74) is 1.22. The maximum atomic E-state index is 11.9. The van der Waals surface area contributed by atoms with Crippen LogP contribution in [0.25, 0.3) is 0 Å². The molecular weight excluding hydrogens is 319 g/mol. The number of rotatable bonds is 5. The first-order valence-electron chi connectivity index (χ1n) is 5.62. The van der Waals surface area contributed by atoms with E-state index in [4.69, 9.17) is 3.07 Å². The molecule has 0 bridgehead atoms. The summed E-state index contributed by atoms with van der Waals surface area (Å²) in [6.45, 7) is 0.539. The average Bonchev–Trinajstić information content (AvgIpc) is 2.41. The quantitative estimate of drug-likeness (QED) is 0.784. The van der Waals surface area contributed by atoms with Crippen molar-refractivity contribution >= 4 is 23.7 Å². The fourth-order valence-electron chi connectivity index (χ4n) is 1.56. The summed E-state index contributed by atoms with van der Waals surface area (Å²) in [7, 11) is 0. The fourth-order valence-corrected chi connectivity index (χ4v) is 4.19. The van der Waals surface area contributed by atoms with Gasteiger partial charge < -0.3 is 0 Å². The predicted octanol–water partition coefficient (Wildman–Crippen LogP) is 2.07. The zero-order chi connectivity index (χ0) is 11.9. The Kier molecular flexibility index (Phi) is 4.88. The second-order valence-electron chi connectivity index (χ2n) is 3.74. The summed E-state index contributed by atoms with van der Waals surface area (Å²) in [4.78, 5) is 0. The summed E-state index contributed by atoms with van der Waals surface area (Å²) in [6, 6.07) is 19.6. The van der Waals surface area contributed by atoms with Gasteiger partial charge in [0, 0.05) is 0 Å². The van der Waals surface area contributed by atoms with Crippen LogP contribution in [-0.4, -0.2) is 26.8 Å². The Bertz CT molecular complexity index is 468. The summed E-state index contributed by atoms with van der Waals surface area (Å²) in [5, 5.41) is 0. The molecule has 0 aliphatic carbocycles. The second-order valence-corrected chi connectivity index (χ2v) is 7.85. The van der Waals surface area contributed by atoms with E-state index in [9.17, 15) is 3.08 Å². The molecular formula is C14H14O2Sn. The van der Waals surface area contributed by atoms with Crippen LogP contribution < -0.4 is 3.58 Å². The molecule has 86 valence electrons. The van der Waals surface area contributed by atoms with Gasteiger partial charge in [-0.25, -0.2) is 0 Å². The Morgan fingerprint density at radius 2 is 1.47 bits per heavy atom. The van der Waals surface area contributed by atoms with Gasteiger partial charge in [-0.15, -0.1) is 0 Å². The summed E-state index contributed by atoms with van der Waals surface area (Å²) in [5.74, 6) is 0. The normalized spacial score (nSPS) is 10.1. The SMILES string of the molecule is [O]=[Sn]([O]CCc1ccccc1)[c]1ccccc1. The van der Waals surface area contributed by atoms with Crippen molar-refractivity contribution in [3.63, 3.8) is 0 Å². The van der Waals surface area contributed by atoms with Crippen molar-refractivity contribution in [2.24, 2.45) is 0 Å². The fraction of sp³-hybridized carbons (Fsp3) is 0.143. The molecule has 0 fully saturated rings. The van der Waals surface area contributed by atoms with Crippen molar-refractivity contribution < 1.29 is 6.15 Å². The van der Waals surface area contributed by atoms with Gasteiger partial charge in [-0.05, 0) is 0 Å². The molecule has 2 aromatic rings. The van der Waals surface area contributed by atoms with E-state index in [2.05, 4.69) is 12.1 Å². The third-order valence-corrected chi connectivity index (χ3v) is 6.10.